The molecule has 0 radical (unpaired) electrons. The fourth-order valence-electron chi connectivity index (χ4n) is 1.37. The van der Waals surface area contributed by atoms with Gasteiger partial charge < -0.3 is 5.73 Å². The lowest BCUT2D eigenvalue weighted by Gasteiger charge is -2.00. The van der Waals surface area contributed by atoms with Crippen LogP contribution in [-0.2, 0) is 0 Å². The molecule has 0 aliphatic heterocycles. The molecule has 0 bridgehead atoms. The van der Waals surface area contributed by atoms with E-state index < -0.39 is 0 Å². The second kappa shape index (κ2) is 3.38. The molecule has 1 unspecified atom stereocenters. The molecule has 4 nitrogen and oxygen atoms in total. The maximum absolute atomic E-state index is 5.57. The molecule has 2 heterocycles. The highest BCUT2D eigenvalue weighted by Gasteiger charge is 2.10. The maximum Gasteiger partial charge on any atom is 0.155 e. The Bertz CT molecular complexity index is 446. The molecule has 2 aromatic heterocycles. The Hall–Kier alpha value is -1.42. The summed E-state index contributed by atoms with van der Waals surface area (Å²) in [6, 6.07) is 5.95. The molecular formula is C10H14N4. The summed E-state index contributed by atoms with van der Waals surface area (Å²) in [4.78, 5) is 4.42. The van der Waals surface area contributed by atoms with Gasteiger partial charge in [0.2, 0.25) is 0 Å². The molecule has 0 aliphatic rings. The minimum Gasteiger partial charge on any atom is -0.330 e. The van der Waals surface area contributed by atoms with Gasteiger partial charge in [0.1, 0.15) is 0 Å². The number of nitrogens with two attached hydrogens (primary N) is 1. The molecule has 2 aromatic rings. The molecule has 0 saturated heterocycles. The quantitative estimate of drug-likeness (QED) is 0.771. The lowest BCUT2D eigenvalue weighted by molar-refractivity contribution is 0.705. The fraction of sp³-hybridized carbons (Fsp3) is 0.400. The standard InChI is InChI=1S/C10H14N4/c1-7(6-11)10-12-9-5-3-4-8(2)14(9)13-10/h3-5,7H,6,11H2,1-2H3. The first-order valence-corrected chi connectivity index (χ1v) is 4.74. The van der Waals surface area contributed by atoms with Crippen molar-refractivity contribution in [2.45, 2.75) is 19.8 Å². The van der Waals surface area contributed by atoms with Crippen LogP contribution < -0.4 is 5.73 Å². The van der Waals surface area contributed by atoms with Gasteiger partial charge in [-0.2, -0.15) is 5.10 Å². The molecule has 0 fully saturated rings. The first-order valence-electron chi connectivity index (χ1n) is 4.74. The molecule has 0 amide bonds. The van der Waals surface area contributed by atoms with Crippen LogP contribution in [0.1, 0.15) is 24.4 Å². The highest BCUT2D eigenvalue weighted by molar-refractivity contribution is 5.38. The molecule has 4 heteroatoms. The highest BCUT2D eigenvalue weighted by atomic mass is 15.3. The van der Waals surface area contributed by atoms with Crippen LogP contribution in [0.3, 0.4) is 0 Å². The number of rotatable bonds is 2. The third-order valence-electron chi connectivity index (χ3n) is 2.36. The number of hydrogen-bond acceptors (Lipinski definition) is 3. The third-order valence-corrected chi connectivity index (χ3v) is 2.36. The average Bonchev–Trinajstić information content (AvgIpc) is 2.62. The molecular weight excluding hydrogens is 176 g/mol. The van der Waals surface area contributed by atoms with E-state index in [1.165, 1.54) is 0 Å². The van der Waals surface area contributed by atoms with Gasteiger partial charge in [-0.05, 0) is 19.1 Å². The zero-order valence-electron chi connectivity index (χ0n) is 8.44. The van der Waals surface area contributed by atoms with Gasteiger partial charge in [-0.25, -0.2) is 9.50 Å². The Morgan fingerprint density at radius 1 is 1.50 bits per heavy atom. The van der Waals surface area contributed by atoms with E-state index in [1.807, 2.05) is 36.6 Å². The van der Waals surface area contributed by atoms with Crippen molar-refractivity contribution >= 4 is 5.65 Å². The van der Waals surface area contributed by atoms with E-state index in [0.717, 1.165) is 17.2 Å². The van der Waals surface area contributed by atoms with Gasteiger partial charge in [0.15, 0.2) is 11.5 Å². The second-order valence-corrected chi connectivity index (χ2v) is 3.54. The number of aromatic nitrogens is 3. The fourth-order valence-corrected chi connectivity index (χ4v) is 1.37. The maximum atomic E-state index is 5.57. The number of fused-ring (bicyclic) bond motifs is 1. The summed E-state index contributed by atoms with van der Waals surface area (Å²) in [5, 5.41) is 4.41. The van der Waals surface area contributed by atoms with Crippen LogP contribution in [0, 0.1) is 6.92 Å². The molecule has 2 N–H and O–H groups in total. The van der Waals surface area contributed by atoms with Crippen LogP contribution in [-0.4, -0.2) is 21.1 Å². The number of nitrogens with zero attached hydrogens (tertiary/aromatic N) is 3. The number of hydrogen-bond donors (Lipinski definition) is 1. The topological polar surface area (TPSA) is 56.2 Å². The molecule has 14 heavy (non-hydrogen) atoms. The van der Waals surface area contributed by atoms with Crippen molar-refractivity contribution in [2.75, 3.05) is 6.54 Å². The molecule has 74 valence electrons. The zero-order valence-corrected chi connectivity index (χ0v) is 8.44. The van der Waals surface area contributed by atoms with Crippen LogP contribution in [0.15, 0.2) is 18.2 Å². The summed E-state index contributed by atoms with van der Waals surface area (Å²) in [5.41, 5.74) is 7.55. The Kier molecular flexibility index (Phi) is 2.21. The molecule has 2 rings (SSSR count). The van der Waals surface area contributed by atoms with E-state index >= 15 is 0 Å². The summed E-state index contributed by atoms with van der Waals surface area (Å²) in [6.07, 6.45) is 0. The summed E-state index contributed by atoms with van der Waals surface area (Å²) >= 11 is 0. The predicted octanol–water partition coefficient (Wildman–Crippen LogP) is 1.10. The Morgan fingerprint density at radius 3 is 2.93 bits per heavy atom. The molecule has 0 aliphatic carbocycles. The normalized spacial score (nSPS) is 13.4. The van der Waals surface area contributed by atoms with E-state index in [4.69, 9.17) is 5.73 Å². The van der Waals surface area contributed by atoms with Gasteiger partial charge in [-0.3, -0.25) is 0 Å². The van der Waals surface area contributed by atoms with Crippen LogP contribution in [0.2, 0.25) is 0 Å². The van der Waals surface area contributed by atoms with Crippen molar-refractivity contribution in [2.24, 2.45) is 5.73 Å². The summed E-state index contributed by atoms with van der Waals surface area (Å²) < 4.78 is 1.85. The lowest BCUT2D eigenvalue weighted by Crippen LogP contribution is -2.10. The molecule has 1 atom stereocenters. The van der Waals surface area contributed by atoms with Crippen molar-refractivity contribution in [1.82, 2.24) is 14.6 Å². The molecule has 0 aromatic carbocycles. The van der Waals surface area contributed by atoms with Crippen molar-refractivity contribution in [3.63, 3.8) is 0 Å². The van der Waals surface area contributed by atoms with Crippen molar-refractivity contribution < 1.29 is 0 Å². The Balaban J connectivity index is 2.56. The van der Waals surface area contributed by atoms with Gasteiger partial charge in [-0.1, -0.05) is 13.0 Å². The monoisotopic (exact) mass is 190 g/mol. The van der Waals surface area contributed by atoms with Gasteiger partial charge >= 0.3 is 0 Å². The largest absolute Gasteiger partial charge is 0.330 e. The number of aryl methyl sites for hydroxylation is 1. The third kappa shape index (κ3) is 1.37. The van der Waals surface area contributed by atoms with E-state index in [9.17, 15) is 0 Å². The average molecular weight is 190 g/mol. The first-order chi connectivity index (χ1) is 6.72. The van der Waals surface area contributed by atoms with Gasteiger partial charge in [-0.15, -0.1) is 0 Å². The Morgan fingerprint density at radius 2 is 2.29 bits per heavy atom. The van der Waals surface area contributed by atoms with Gasteiger partial charge in [0.05, 0.1) is 0 Å². The smallest absolute Gasteiger partial charge is 0.155 e. The van der Waals surface area contributed by atoms with E-state index in [-0.39, 0.29) is 5.92 Å². The van der Waals surface area contributed by atoms with Crippen molar-refractivity contribution in [3.8, 4) is 0 Å². The van der Waals surface area contributed by atoms with E-state index in [1.54, 1.807) is 0 Å². The van der Waals surface area contributed by atoms with Crippen LogP contribution in [0.4, 0.5) is 0 Å². The second-order valence-electron chi connectivity index (χ2n) is 3.54. The minimum absolute atomic E-state index is 0.217. The summed E-state index contributed by atoms with van der Waals surface area (Å²) in [7, 11) is 0. The van der Waals surface area contributed by atoms with Crippen LogP contribution in [0.5, 0.6) is 0 Å². The van der Waals surface area contributed by atoms with Crippen LogP contribution >= 0.6 is 0 Å². The minimum atomic E-state index is 0.217. The van der Waals surface area contributed by atoms with Gasteiger partial charge in [0.25, 0.3) is 0 Å². The van der Waals surface area contributed by atoms with Crippen molar-refractivity contribution in [3.05, 3.63) is 29.7 Å². The van der Waals surface area contributed by atoms with E-state index in [0.29, 0.717) is 6.54 Å². The lowest BCUT2D eigenvalue weighted by atomic mass is 10.2. The Labute approximate surface area is 82.8 Å². The zero-order chi connectivity index (χ0) is 10.1. The summed E-state index contributed by atoms with van der Waals surface area (Å²) in [5.74, 6) is 1.04. The first kappa shape index (κ1) is 9.15. The molecule has 0 saturated carbocycles. The van der Waals surface area contributed by atoms with Crippen molar-refractivity contribution in [1.29, 1.82) is 0 Å². The predicted molar refractivity (Wildman–Crippen MR) is 55.2 cm³/mol. The highest BCUT2D eigenvalue weighted by Crippen LogP contribution is 2.11. The summed E-state index contributed by atoms with van der Waals surface area (Å²) in [6.45, 7) is 4.62. The molecule has 0 spiro atoms. The number of pyridine rings is 1. The SMILES string of the molecule is Cc1cccc2nc(C(C)CN)nn12. The van der Waals surface area contributed by atoms with E-state index in [2.05, 4.69) is 10.1 Å². The van der Waals surface area contributed by atoms with Crippen LogP contribution in [0.25, 0.3) is 5.65 Å². The van der Waals surface area contributed by atoms with Gasteiger partial charge in [0, 0.05) is 18.2 Å².